The van der Waals surface area contributed by atoms with Crippen LogP contribution in [0.5, 0.6) is 5.75 Å². The molecular weight excluding hydrogens is 385 g/mol. The Morgan fingerprint density at radius 2 is 2.00 bits per heavy atom. The molecule has 1 aliphatic heterocycles. The summed E-state index contributed by atoms with van der Waals surface area (Å²) in [6.07, 6.45) is -0.973. The van der Waals surface area contributed by atoms with Crippen molar-refractivity contribution < 1.29 is 17.9 Å². The Hall–Kier alpha value is -3.20. The van der Waals surface area contributed by atoms with Crippen molar-refractivity contribution in [2.45, 2.75) is 25.9 Å². The van der Waals surface area contributed by atoms with Gasteiger partial charge in [-0.05, 0) is 18.2 Å². The van der Waals surface area contributed by atoms with Crippen LogP contribution in [0.15, 0.2) is 53.6 Å². The molecule has 0 bridgehead atoms. The second-order valence-corrected chi connectivity index (χ2v) is 6.70. The first-order chi connectivity index (χ1) is 13.9. The largest absolute Gasteiger partial charge is 0.573 e. The summed E-state index contributed by atoms with van der Waals surface area (Å²) in [6.45, 7) is 1.09. The predicted octanol–water partition coefficient (Wildman–Crippen LogP) is 3.29. The normalized spacial score (nSPS) is 14.4. The van der Waals surface area contributed by atoms with Crippen molar-refractivity contribution >= 4 is 0 Å². The van der Waals surface area contributed by atoms with Crippen LogP contribution < -0.4 is 10.3 Å². The number of nitrogens with one attached hydrogen (secondary N) is 1. The predicted molar refractivity (Wildman–Crippen MR) is 99.0 cm³/mol. The molecule has 0 saturated carbocycles. The standard InChI is InChI=1S/C20H17F3N4O2/c21-20(22,23)29-17-6-2-1-4-14(17)11-27-9-7-16-15(12-27)19(28)26-18(25-16)13-5-3-8-24-10-13/h1-6,8,10H,7,9,11-12H2,(H,25,26,28). The molecule has 3 aromatic rings. The number of hydrogen-bond acceptors (Lipinski definition) is 5. The summed E-state index contributed by atoms with van der Waals surface area (Å²) in [5.41, 5.74) is 2.10. The summed E-state index contributed by atoms with van der Waals surface area (Å²) in [5.74, 6) is 0.226. The van der Waals surface area contributed by atoms with Crippen molar-refractivity contribution in [3.8, 4) is 17.1 Å². The lowest BCUT2D eigenvalue weighted by atomic mass is 10.1. The van der Waals surface area contributed by atoms with Gasteiger partial charge >= 0.3 is 6.36 Å². The lowest BCUT2D eigenvalue weighted by Crippen LogP contribution is -2.35. The third kappa shape index (κ3) is 4.45. The van der Waals surface area contributed by atoms with Gasteiger partial charge in [-0.25, -0.2) is 4.98 Å². The molecule has 0 aliphatic carbocycles. The van der Waals surface area contributed by atoms with Crippen LogP contribution in [0, 0.1) is 0 Å². The summed E-state index contributed by atoms with van der Waals surface area (Å²) >= 11 is 0. The molecule has 6 nitrogen and oxygen atoms in total. The Bertz CT molecular complexity index is 1070. The molecule has 4 rings (SSSR count). The van der Waals surface area contributed by atoms with Gasteiger partial charge in [0.05, 0.1) is 11.3 Å². The fraction of sp³-hybridized carbons (Fsp3) is 0.250. The topological polar surface area (TPSA) is 71.1 Å². The van der Waals surface area contributed by atoms with Gasteiger partial charge in [-0.1, -0.05) is 18.2 Å². The summed E-state index contributed by atoms with van der Waals surface area (Å²) in [5, 5.41) is 0. The Morgan fingerprint density at radius 1 is 1.17 bits per heavy atom. The van der Waals surface area contributed by atoms with E-state index < -0.39 is 6.36 Å². The van der Waals surface area contributed by atoms with Gasteiger partial charge < -0.3 is 9.72 Å². The molecule has 0 amide bonds. The highest BCUT2D eigenvalue weighted by Gasteiger charge is 2.32. The molecule has 1 N–H and O–H groups in total. The van der Waals surface area contributed by atoms with Crippen LogP contribution in [-0.2, 0) is 19.5 Å². The second-order valence-electron chi connectivity index (χ2n) is 6.70. The van der Waals surface area contributed by atoms with Gasteiger partial charge in [-0.15, -0.1) is 13.2 Å². The number of ether oxygens (including phenoxy) is 1. The molecule has 29 heavy (non-hydrogen) atoms. The maximum atomic E-state index is 12.6. The minimum Gasteiger partial charge on any atom is -0.405 e. The first kappa shape index (κ1) is 19.1. The highest BCUT2D eigenvalue weighted by Crippen LogP contribution is 2.28. The van der Waals surface area contributed by atoms with Crippen LogP contribution >= 0.6 is 0 Å². The molecular formula is C20H17F3N4O2. The number of para-hydroxylation sites is 1. The van der Waals surface area contributed by atoms with Gasteiger partial charge in [0.2, 0.25) is 0 Å². The number of benzene rings is 1. The molecule has 9 heteroatoms. The SMILES string of the molecule is O=c1[nH]c(-c2cccnc2)nc2c1CN(Cc1ccccc1OC(F)(F)F)CC2. The average Bonchev–Trinajstić information content (AvgIpc) is 2.69. The number of rotatable bonds is 4. The third-order valence-corrected chi connectivity index (χ3v) is 4.67. The fourth-order valence-electron chi connectivity index (χ4n) is 3.36. The van der Waals surface area contributed by atoms with Crippen molar-refractivity contribution in [1.29, 1.82) is 0 Å². The van der Waals surface area contributed by atoms with Crippen molar-refractivity contribution in [3.63, 3.8) is 0 Å². The van der Waals surface area contributed by atoms with Crippen LogP contribution in [0.3, 0.4) is 0 Å². The van der Waals surface area contributed by atoms with E-state index in [4.69, 9.17) is 0 Å². The minimum absolute atomic E-state index is 0.232. The monoisotopic (exact) mass is 402 g/mol. The number of pyridine rings is 1. The number of halogens is 3. The van der Waals surface area contributed by atoms with Crippen LogP contribution in [0.25, 0.3) is 11.4 Å². The molecule has 1 aliphatic rings. The summed E-state index contributed by atoms with van der Waals surface area (Å²) in [6, 6.07) is 9.59. The molecule has 0 unspecified atom stereocenters. The first-order valence-electron chi connectivity index (χ1n) is 8.97. The minimum atomic E-state index is -4.76. The molecule has 0 fully saturated rings. The maximum Gasteiger partial charge on any atom is 0.573 e. The first-order valence-corrected chi connectivity index (χ1v) is 8.97. The Balaban J connectivity index is 1.55. The van der Waals surface area contributed by atoms with E-state index in [0.717, 1.165) is 0 Å². The highest BCUT2D eigenvalue weighted by atomic mass is 19.4. The number of aromatic amines is 1. The van der Waals surface area contributed by atoms with Crippen molar-refractivity contribution in [1.82, 2.24) is 19.9 Å². The van der Waals surface area contributed by atoms with E-state index in [1.807, 2.05) is 11.0 Å². The zero-order valence-corrected chi connectivity index (χ0v) is 15.2. The zero-order chi connectivity index (χ0) is 20.4. The van der Waals surface area contributed by atoms with Gasteiger partial charge in [-0.3, -0.25) is 14.7 Å². The van der Waals surface area contributed by atoms with Crippen LogP contribution in [0.4, 0.5) is 13.2 Å². The van der Waals surface area contributed by atoms with E-state index in [1.54, 1.807) is 30.6 Å². The molecule has 0 spiro atoms. The summed E-state index contributed by atoms with van der Waals surface area (Å²) in [4.78, 5) is 25.9. The Kier molecular flexibility index (Phi) is 5.06. The van der Waals surface area contributed by atoms with E-state index in [0.29, 0.717) is 47.7 Å². The van der Waals surface area contributed by atoms with E-state index in [-0.39, 0.29) is 17.9 Å². The van der Waals surface area contributed by atoms with Crippen molar-refractivity contribution in [3.05, 3.63) is 76.0 Å². The molecule has 0 atom stereocenters. The van der Waals surface area contributed by atoms with Gasteiger partial charge in [0, 0.05) is 49.6 Å². The number of fused-ring (bicyclic) bond motifs is 1. The number of hydrogen-bond donors (Lipinski definition) is 1. The quantitative estimate of drug-likeness (QED) is 0.725. The van der Waals surface area contributed by atoms with Gasteiger partial charge in [0.25, 0.3) is 5.56 Å². The van der Waals surface area contributed by atoms with Gasteiger partial charge in [0.15, 0.2) is 0 Å². The smallest absolute Gasteiger partial charge is 0.405 e. The number of H-pyrrole nitrogens is 1. The summed E-state index contributed by atoms with van der Waals surface area (Å²) < 4.78 is 42.0. The van der Waals surface area contributed by atoms with Gasteiger partial charge in [0.1, 0.15) is 11.6 Å². The number of alkyl halides is 3. The summed E-state index contributed by atoms with van der Waals surface area (Å²) in [7, 11) is 0. The fourth-order valence-corrected chi connectivity index (χ4v) is 3.36. The third-order valence-electron chi connectivity index (χ3n) is 4.67. The van der Waals surface area contributed by atoms with Crippen LogP contribution in [0.1, 0.15) is 16.8 Å². The lowest BCUT2D eigenvalue weighted by Gasteiger charge is -2.28. The number of nitrogens with zero attached hydrogens (tertiary/aromatic N) is 3. The zero-order valence-electron chi connectivity index (χ0n) is 15.2. The Morgan fingerprint density at radius 3 is 2.76 bits per heavy atom. The second kappa shape index (κ2) is 7.67. The van der Waals surface area contributed by atoms with Crippen LogP contribution in [-0.4, -0.2) is 32.8 Å². The maximum absolute atomic E-state index is 12.6. The Labute approximate surface area is 164 Å². The van der Waals surface area contributed by atoms with Crippen molar-refractivity contribution in [2.75, 3.05) is 6.54 Å². The van der Waals surface area contributed by atoms with Crippen LogP contribution in [0.2, 0.25) is 0 Å². The molecule has 150 valence electrons. The van der Waals surface area contributed by atoms with E-state index in [2.05, 4.69) is 19.7 Å². The number of aromatic nitrogens is 3. The average molecular weight is 402 g/mol. The molecule has 3 heterocycles. The molecule has 2 aromatic heterocycles. The van der Waals surface area contributed by atoms with Gasteiger partial charge in [-0.2, -0.15) is 0 Å². The van der Waals surface area contributed by atoms with E-state index in [9.17, 15) is 18.0 Å². The van der Waals surface area contributed by atoms with E-state index in [1.165, 1.54) is 12.1 Å². The molecule has 1 aromatic carbocycles. The molecule has 0 saturated heterocycles. The lowest BCUT2D eigenvalue weighted by molar-refractivity contribution is -0.275. The van der Waals surface area contributed by atoms with E-state index >= 15 is 0 Å². The highest BCUT2D eigenvalue weighted by molar-refractivity contribution is 5.53. The van der Waals surface area contributed by atoms with Crippen molar-refractivity contribution in [2.24, 2.45) is 0 Å². The molecule has 0 radical (unpaired) electrons.